The van der Waals surface area contributed by atoms with Crippen molar-refractivity contribution in [1.82, 2.24) is 10.2 Å². The van der Waals surface area contributed by atoms with Gasteiger partial charge in [-0.05, 0) is 29.8 Å². The fourth-order valence-electron chi connectivity index (χ4n) is 2.59. The number of rotatable bonds is 6. The molecule has 0 unspecified atom stereocenters. The van der Waals surface area contributed by atoms with Gasteiger partial charge in [-0.2, -0.15) is 0 Å². The zero-order valence-electron chi connectivity index (χ0n) is 14.2. The molecule has 1 aliphatic heterocycles. The van der Waals surface area contributed by atoms with Crippen molar-refractivity contribution in [2.75, 3.05) is 31.9 Å². The molecule has 7 heteroatoms. The molecule has 2 aromatic carbocycles. The second kappa shape index (κ2) is 9.51. The summed E-state index contributed by atoms with van der Waals surface area (Å²) < 4.78 is 5.77. The fraction of sp³-hybridized carbons (Fsp3) is 0.316. The van der Waals surface area contributed by atoms with Gasteiger partial charge in [0.05, 0.1) is 15.8 Å². The lowest BCUT2D eigenvalue weighted by molar-refractivity contribution is -0.128. The van der Waals surface area contributed by atoms with Gasteiger partial charge in [0.1, 0.15) is 11.5 Å². The molecule has 0 aromatic heterocycles. The molecule has 1 saturated heterocycles. The zero-order chi connectivity index (χ0) is 18.4. The maximum absolute atomic E-state index is 12.1. The predicted molar refractivity (Wildman–Crippen MR) is 109 cm³/mol. The molecule has 0 spiro atoms. The van der Waals surface area contributed by atoms with Gasteiger partial charge in [-0.15, -0.1) is 11.8 Å². The summed E-state index contributed by atoms with van der Waals surface area (Å²) in [5.74, 6) is 2.90. The predicted octanol–water partition coefficient (Wildman–Crippen LogP) is 4.45. The van der Waals surface area contributed by atoms with Crippen LogP contribution in [0.5, 0.6) is 11.5 Å². The summed E-state index contributed by atoms with van der Waals surface area (Å²) in [6.07, 6.45) is 0. The second-order valence-corrected chi connectivity index (χ2v) is 7.75. The van der Waals surface area contributed by atoms with Crippen LogP contribution in [0.1, 0.15) is 5.56 Å². The van der Waals surface area contributed by atoms with Crippen LogP contribution in [0.2, 0.25) is 10.0 Å². The molecular weight excluding hydrogens is 391 g/mol. The average Bonchev–Trinajstić information content (AvgIpc) is 2.67. The van der Waals surface area contributed by atoms with Crippen molar-refractivity contribution in [3.8, 4) is 11.5 Å². The van der Waals surface area contributed by atoms with Gasteiger partial charge in [-0.1, -0.05) is 35.3 Å². The number of ether oxygens (including phenoxy) is 1. The van der Waals surface area contributed by atoms with Crippen molar-refractivity contribution >= 4 is 40.9 Å². The number of halogens is 2. The highest BCUT2D eigenvalue weighted by Crippen LogP contribution is 2.29. The molecule has 4 nitrogen and oxygen atoms in total. The van der Waals surface area contributed by atoms with Crippen molar-refractivity contribution in [2.24, 2.45) is 0 Å². The third-order valence-electron chi connectivity index (χ3n) is 4.01. The topological polar surface area (TPSA) is 41.6 Å². The minimum atomic E-state index is 0.219. The lowest BCUT2D eigenvalue weighted by Gasteiger charge is -2.27. The maximum atomic E-state index is 12.1. The number of nitrogens with one attached hydrogen (secondary N) is 1. The van der Waals surface area contributed by atoms with Gasteiger partial charge in [0.15, 0.2) is 0 Å². The Bertz CT molecular complexity index is 750. The van der Waals surface area contributed by atoms with E-state index in [9.17, 15) is 4.79 Å². The monoisotopic (exact) mass is 410 g/mol. The summed E-state index contributed by atoms with van der Waals surface area (Å²) in [4.78, 5) is 14.1. The Balaban J connectivity index is 1.46. The minimum Gasteiger partial charge on any atom is -0.457 e. The first-order valence-corrected chi connectivity index (χ1v) is 10.3. The van der Waals surface area contributed by atoms with Crippen molar-refractivity contribution in [2.45, 2.75) is 5.75 Å². The van der Waals surface area contributed by atoms with E-state index < -0.39 is 0 Å². The van der Waals surface area contributed by atoms with Crippen molar-refractivity contribution in [3.63, 3.8) is 0 Å². The second-order valence-electron chi connectivity index (χ2n) is 5.95. The van der Waals surface area contributed by atoms with Crippen molar-refractivity contribution in [1.29, 1.82) is 0 Å². The molecule has 0 atom stereocenters. The van der Waals surface area contributed by atoms with Gasteiger partial charge in [-0.3, -0.25) is 4.79 Å². The minimum absolute atomic E-state index is 0.219. The van der Waals surface area contributed by atoms with E-state index >= 15 is 0 Å². The highest BCUT2D eigenvalue weighted by atomic mass is 35.5. The summed E-state index contributed by atoms with van der Waals surface area (Å²) in [7, 11) is 0. The van der Waals surface area contributed by atoms with Gasteiger partial charge in [0, 0.05) is 38.0 Å². The molecule has 0 aliphatic carbocycles. The summed E-state index contributed by atoms with van der Waals surface area (Å²) >= 11 is 13.5. The normalized spacial score (nSPS) is 14.3. The Hall–Kier alpha value is -1.40. The van der Waals surface area contributed by atoms with E-state index in [1.807, 2.05) is 29.2 Å². The van der Waals surface area contributed by atoms with E-state index in [2.05, 4.69) is 5.32 Å². The maximum Gasteiger partial charge on any atom is 0.232 e. The lowest BCUT2D eigenvalue weighted by Crippen LogP contribution is -2.47. The third kappa shape index (κ3) is 5.55. The van der Waals surface area contributed by atoms with E-state index in [-0.39, 0.29) is 5.91 Å². The number of hydrogen-bond acceptors (Lipinski definition) is 4. The van der Waals surface area contributed by atoms with Crippen LogP contribution in [0.25, 0.3) is 0 Å². The van der Waals surface area contributed by atoms with Crippen LogP contribution >= 0.6 is 35.0 Å². The van der Waals surface area contributed by atoms with Crippen molar-refractivity contribution < 1.29 is 9.53 Å². The van der Waals surface area contributed by atoms with Gasteiger partial charge in [-0.25, -0.2) is 0 Å². The van der Waals surface area contributed by atoms with Crippen LogP contribution in [0.15, 0.2) is 42.5 Å². The Morgan fingerprint density at radius 1 is 1.04 bits per heavy atom. The van der Waals surface area contributed by atoms with Crippen LogP contribution in [0.3, 0.4) is 0 Å². The Labute approximate surface area is 167 Å². The standard InChI is InChI=1S/C19H20Cl2N2O2S/c20-17-6-5-16(11-18(17)21)25-15-3-1-14(2-4-15)12-26-13-19(24)23-9-7-22-8-10-23/h1-6,11,22H,7-10,12-13H2. The number of carbonyl (C=O) groups excluding carboxylic acids is 1. The van der Waals surface area contributed by atoms with Crippen LogP contribution in [0, 0.1) is 0 Å². The molecule has 1 N–H and O–H groups in total. The number of amides is 1. The number of nitrogens with zero attached hydrogens (tertiary/aromatic N) is 1. The van der Waals surface area contributed by atoms with Crippen LogP contribution in [0.4, 0.5) is 0 Å². The van der Waals surface area contributed by atoms with E-state index in [0.29, 0.717) is 21.5 Å². The first kappa shape index (κ1) is 19.4. The number of thioether (sulfide) groups is 1. The highest BCUT2D eigenvalue weighted by Gasteiger charge is 2.15. The van der Waals surface area contributed by atoms with Gasteiger partial charge in [0.25, 0.3) is 0 Å². The number of hydrogen-bond donors (Lipinski definition) is 1. The van der Waals surface area contributed by atoms with E-state index in [1.165, 1.54) is 0 Å². The number of benzene rings is 2. The Morgan fingerprint density at radius 2 is 1.73 bits per heavy atom. The molecule has 26 heavy (non-hydrogen) atoms. The summed E-state index contributed by atoms with van der Waals surface area (Å²) in [5.41, 5.74) is 1.16. The Kier molecular flexibility index (Phi) is 7.08. The molecule has 2 aromatic rings. The van der Waals surface area contributed by atoms with Crippen LogP contribution in [-0.4, -0.2) is 42.7 Å². The number of piperazine rings is 1. The summed E-state index contributed by atoms with van der Waals surface area (Å²) in [6, 6.07) is 13.0. The first-order valence-electron chi connectivity index (χ1n) is 8.40. The van der Waals surface area contributed by atoms with Gasteiger partial charge < -0.3 is 15.0 Å². The van der Waals surface area contributed by atoms with Gasteiger partial charge in [0.2, 0.25) is 5.91 Å². The summed E-state index contributed by atoms with van der Waals surface area (Å²) in [6.45, 7) is 3.38. The summed E-state index contributed by atoms with van der Waals surface area (Å²) in [5, 5.41) is 4.22. The fourth-order valence-corrected chi connectivity index (χ4v) is 3.77. The molecule has 1 heterocycles. The van der Waals surface area contributed by atoms with Crippen molar-refractivity contribution in [3.05, 3.63) is 58.1 Å². The third-order valence-corrected chi connectivity index (χ3v) is 5.74. The lowest BCUT2D eigenvalue weighted by atomic mass is 10.2. The van der Waals surface area contributed by atoms with E-state index in [4.69, 9.17) is 27.9 Å². The van der Waals surface area contributed by atoms with E-state index in [1.54, 1.807) is 30.0 Å². The molecule has 3 rings (SSSR count). The van der Waals surface area contributed by atoms with Gasteiger partial charge >= 0.3 is 0 Å². The highest BCUT2D eigenvalue weighted by molar-refractivity contribution is 7.99. The quantitative estimate of drug-likeness (QED) is 0.763. The average molecular weight is 411 g/mol. The van der Waals surface area contributed by atoms with Crippen LogP contribution in [-0.2, 0) is 10.5 Å². The SMILES string of the molecule is O=C(CSCc1ccc(Oc2ccc(Cl)c(Cl)c2)cc1)N1CCNCC1. The first-order chi connectivity index (χ1) is 12.6. The van der Waals surface area contributed by atoms with E-state index in [0.717, 1.165) is 43.2 Å². The molecule has 138 valence electrons. The molecular formula is C19H20Cl2N2O2S. The largest absolute Gasteiger partial charge is 0.457 e. The smallest absolute Gasteiger partial charge is 0.232 e. The molecule has 1 amide bonds. The molecule has 0 radical (unpaired) electrons. The molecule has 1 aliphatic rings. The number of carbonyl (C=O) groups is 1. The Morgan fingerprint density at radius 3 is 2.42 bits per heavy atom. The molecule has 0 saturated carbocycles. The van der Waals surface area contributed by atoms with Crippen LogP contribution < -0.4 is 10.1 Å². The zero-order valence-corrected chi connectivity index (χ0v) is 16.5. The molecule has 1 fully saturated rings. The molecule has 0 bridgehead atoms.